The molecule has 1 aromatic carbocycles. The van der Waals surface area contributed by atoms with Gasteiger partial charge in [0, 0.05) is 7.05 Å². The smallest absolute Gasteiger partial charge is 0.283 e. The minimum Gasteiger partial charge on any atom is -0.483 e. The fraction of sp³-hybridized carbons (Fsp3) is 0.364. The topological polar surface area (TPSA) is 38.8 Å². The lowest BCUT2D eigenvalue weighted by Gasteiger charge is -2.14. The number of carbonyl (C=O) groups excluding carboxylic acids is 1. The molecule has 1 rings (SSSR count). The highest BCUT2D eigenvalue weighted by Gasteiger charge is 2.09. The lowest BCUT2D eigenvalue weighted by molar-refractivity contribution is -0.170. The van der Waals surface area contributed by atoms with Crippen LogP contribution in [0.1, 0.15) is 5.56 Å². The van der Waals surface area contributed by atoms with Gasteiger partial charge < -0.3 is 4.74 Å². The van der Waals surface area contributed by atoms with Crippen molar-refractivity contribution in [3.63, 3.8) is 0 Å². The van der Waals surface area contributed by atoms with Gasteiger partial charge in [0.05, 0.1) is 11.6 Å². The molecule has 0 saturated carbocycles. The first kappa shape index (κ1) is 13.0. The van der Waals surface area contributed by atoms with Crippen LogP contribution < -0.4 is 4.74 Å². The van der Waals surface area contributed by atoms with Crippen LogP contribution in [0.25, 0.3) is 0 Å². The number of amides is 1. The Kier molecular flexibility index (Phi) is 4.76. The van der Waals surface area contributed by atoms with Crippen molar-refractivity contribution in [1.29, 1.82) is 0 Å². The molecule has 1 aromatic rings. The van der Waals surface area contributed by atoms with E-state index in [0.29, 0.717) is 5.75 Å². The van der Waals surface area contributed by atoms with E-state index in [9.17, 15) is 4.79 Å². The van der Waals surface area contributed by atoms with Gasteiger partial charge in [0.1, 0.15) is 5.75 Å². The maximum atomic E-state index is 11.4. The normalized spacial score (nSPS) is 10.0. The summed E-state index contributed by atoms with van der Waals surface area (Å²) in [4.78, 5) is 16.1. The first-order chi connectivity index (χ1) is 7.54. The average molecular weight is 288 g/mol. The number of rotatable bonds is 4. The molecule has 0 spiro atoms. The van der Waals surface area contributed by atoms with Gasteiger partial charge in [-0.1, -0.05) is 6.07 Å². The number of halogens is 1. The number of aryl methyl sites for hydroxylation is 1. The van der Waals surface area contributed by atoms with Crippen LogP contribution in [-0.4, -0.2) is 31.7 Å². The first-order valence-electron chi connectivity index (χ1n) is 4.74. The van der Waals surface area contributed by atoms with E-state index in [0.717, 1.165) is 15.1 Å². The fourth-order valence-corrected chi connectivity index (χ4v) is 1.66. The monoisotopic (exact) mass is 287 g/mol. The van der Waals surface area contributed by atoms with Crippen molar-refractivity contribution in [1.82, 2.24) is 5.06 Å². The van der Waals surface area contributed by atoms with Crippen molar-refractivity contribution in [2.24, 2.45) is 0 Å². The van der Waals surface area contributed by atoms with Gasteiger partial charge in [-0.2, -0.15) is 0 Å². The first-order valence-corrected chi connectivity index (χ1v) is 5.53. The molecule has 0 N–H and O–H groups in total. The van der Waals surface area contributed by atoms with E-state index in [1.165, 1.54) is 14.2 Å². The maximum absolute atomic E-state index is 11.4. The van der Waals surface area contributed by atoms with Gasteiger partial charge in [-0.3, -0.25) is 9.63 Å². The van der Waals surface area contributed by atoms with E-state index in [4.69, 9.17) is 9.57 Å². The number of benzene rings is 1. The molecule has 0 bridgehead atoms. The molecular formula is C11H14BrNO3. The van der Waals surface area contributed by atoms with Crippen molar-refractivity contribution < 1.29 is 14.4 Å². The molecule has 0 aliphatic carbocycles. The number of hydrogen-bond acceptors (Lipinski definition) is 3. The second kappa shape index (κ2) is 5.86. The molecule has 0 aliphatic rings. The number of nitrogens with zero attached hydrogens (tertiary/aromatic N) is 1. The zero-order valence-electron chi connectivity index (χ0n) is 9.49. The Balaban J connectivity index is 2.58. The molecular weight excluding hydrogens is 274 g/mol. The molecule has 0 fully saturated rings. The van der Waals surface area contributed by atoms with Crippen molar-refractivity contribution in [3.8, 4) is 5.75 Å². The third-order valence-electron chi connectivity index (χ3n) is 2.06. The summed E-state index contributed by atoms with van der Waals surface area (Å²) < 4.78 is 6.19. The third kappa shape index (κ3) is 3.50. The molecule has 0 aromatic heterocycles. The zero-order valence-corrected chi connectivity index (χ0v) is 11.1. The Morgan fingerprint density at radius 3 is 2.75 bits per heavy atom. The second-order valence-corrected chi connectivity index (χ2v) is 4.15. The summed E-state index contributed by atoms with van der Waals surface area (Å²) in [5.74, 6) is 0.401. The molecule has 0 aliphatic heterocycles. The second-order valence-electron chi connectivity index (χ2n) is 3.30. The Morgan fingerprint density at radius 1 is 1.50 bits per heavy atom. The van der Waals surface area contributed by atoms with Crippen LogP contribution >= 0.6 is 15.9 Å². The van der Waals surface area contributed by atoms with Crippen LogP contribution in [0, 0.1) is 6.92 Å². The fourth-order valence-electron chi connectivity index (χ4n) is 1.06. The summed E-state index contributed by atoms with van der Waals surface area (Å²) in [6, 6.07) is 5.67. The van der Waals surface area contributed by atoms with Gasteiger partial charge in [0.25, 0.3) is 5.91 Å². The van der Waals surface area contributed by atoms with Crippen LogP contribution in [0.2, 0.25) is 0 Å². The summed E-state index contributed by atoms with van der Waals surface area (Å²) in [5.41, 5.74) is 1.12. The van der Waals surface area contributed by atoms with Gasteiger partial charge in [-0.05, 0) is 40.5 Å². The van der Waals surface area contributed by atoms with Crippen molar-refractivity contribution in [2.75, 3.05) is 20.8 Å². The Hall–Kier alpha value is -1.07. The lowest BCUT2D eigenvalue weighted by atomic mass is 10.2. The molecule has 5 heteroatoms. The molecule has 0 heterocycles. The highest BCUT2D eigenvalue weighted by atomic mass is 79.9. The van der Waals surface area contributed by atoms with E-state index in [2.05, 4.69) is 15.9 Å². The summed E-state index contributed by atoms with van der Waals surface area (Å²) in [5, 5.41) is 1.13. The van der Waals surface area contributed by atoms with Gasteiger partial charge >= 0.3 is 0 Å². The van der Waals surface area contributed by atoms with Crippen LogP contribution in [0.15, 0.2) is 22.7 Å². The SMILES string of the molecule is CON(C)C(=O)COc1ccc(C)cc1Br. The Labute approximate surface area is 103 Å². The van der Waals surface area contributed by atoms with Crippen LogP contribution in [0.3, 0.4) is 0 Å². The van der Waals surface area contributed by atoms with Gasteiger partial charge in [-0.25, -0.2) is 5.06 Å². The lowest BCUT2D eigenvalue weighted by Crippen LogP contribution is -2.30. The van der Waals surface area contributed by atoms with Crippen LogP contribution in [-0.2, 0) is 9.63 Å². The highest BCUT2D eigenvalue weighted by Crippen LogP contribution is 2.25. The maximum Gasteiger partial charge on any atom is 0.283 e. The van der Waals surface area contributed by atoms with Gasteiger partial charge in [-0.15, -0.1) is 0 Å². The molecule has 0 atom stereocenters. The number of hydroxylamine groups is 2. The Bertz CT molecular complexity index is 381. The molecule has 0 saturated heterocycles. The molecule has 0 radical (unpaired) electrons. The van der Waals surface area contributed by atoms with E-state index < -0.39 is 0 Å². The number of hydrogen-bond donors (Lipinski definition) is 0. The average Bonchev–Trinajstić information content (AvgIpc) is 2.26. The van der Waals surface area contributed by atoms with E-state index in [-0.39, 0.29) is 12.5 Å². The van der Waals surface area contributed by atoms with Crippen molar-refractivity contribution in [2.45, 2.75) is 6.92 Å². The van der Waals surface area contributed by atoms with E-state index >= 15 is 0 Å². The third-order valence-corrected chi connectivity index (χ3v) is 2.68. The minimum absolute atomic E-state index is 0.0496. The largest absolute Gasteiger partial charge is 0.483 e. The number of carbonyl (C=O) groups is 1. The summed E-state index contributed by atoms with van der Waals surface area (Å²) in [6.07, 6.45) is 0. The molecule has 0 unspecified atom stereocenters. The number of likely N-dealkylation sites (N-methyl/N-ethyl adjacent to an activating group) is 1. The quantitative estimate of drug-likeness (QED) is 0.797. The van der Waals surface area contributed by atoms with Crippen LogP contribution in [0.5, 0.6) is 5.75 Å². The van der Waals surface area contributed by atoms with E-state index in [1.807, 2.05) is 25.1 Å². The van der Waals surface area contributed by atoms with E-state index in [1.54, 1.807) is 0 Å². The predicted molar refractivity (Wildman–Crippen MR) is 64.2 cm³/mol. The van der Waals surface area contributed by atoms with Gasteiger partial charge in [0.2, 0.25) is 0 Å². The molecule has 16 heavy (non-hydrogen) atoms. The highest BCUT2D eigenvalue weighted by molar-refractivity contribution is 9.10. The summed E-state index contributed by atoms with van der Waals surface area (Å²) in [6.45, 7) is 1.93. The van der Waals surface area contributed by atoms with Crippen LogP contribution in [0.4, 0.5) is 0 Å². The zero-order chi connectivity index (χ0) is 12.1. The summed E-state index contributed by atoms with van der Waals surface area (Å²) >= 11 is 3.37. The minimum atomic E-state index is -0.241. The van der Waals surface area contributed by atoms with Crippen molar-refractivity contribution >= 4 is 21.8 Å². The number of ether oxygens (including phenoxy) is 1. The van der Waals surface area contributed by atoms with Crippen molar-refractivity contribution in [3.05, 3.63) is 28.2 Å². The molecule has 4 nitrogen and oxygen atoms in total. The predicted octanol–water partition coefficient (Wildman–Crippen LogP) is 2.16. The van der Waals surface area contributed by atoms with Gasteiger partial charge in [0.15, 0.2) is 6.61 Å². The molecule has 1 amide bonds. The summed E-state index contributed by atoms with van der Waals surface area (Å²) in [7, 11) is 2.97. The molecule has 88 valence electrons. The Morgan fingerprint density at radius 2 is 2.19 bits per heavy atom. The standard InChI is InChI=1S/C11H14BrNO3/c1-8-4-5-10(9(12)6-8)16-7-11(14)13(2)15-3/h4-6H,7H2,1-3H3.